The normalized spacial score (nSPS) is 11.8. The largest absolute Gasteiger partial charge is 0.469 e. The van der Waals surface area contributed by atoms with E-state index in [0.29, 0.717) is 18.7 Å². The SMILES string of the molecule is N/C(=N/O)c1cccc(CNCCc2ccco2)c1F. The smallest absolute Gasteiger partial charge is 0.173 e. The zero-order valence-electron chi connectivity index (χ0n) is 10.8. The number of hydrogen-bond acceptors (Lipinski definition) is 4. The van der Waals surface area contributed by atoms with Crippen LogP contribution < -0.4 is 11.1 Å². The predicted octanol–water partition coefficient (Wildman–Crippen LogP) is 1.85. The topological polar surface area (TPSA) is 83.8 Å². The number of furan rings is 1. The first-order valence-electron chi connectivity index (χ1n) is 6.20. The van der Waals surface area contributed by atoms with E-state index in [0.717, 1.165) is 12.2 Å². The van der Waals surface area contributed by atoms with Gasteiger partial charge in [0, 0.05) is 25.1 Å². The van der Waals surface area contributed by atoms with Crippen LogP contribution in [0.2, 0.25) is 0 Å². The molecule has 0 spiro atoms. The molecule has 1 aromatic heterocycles. The van der Waals surface area contributed by atoms with Gasteiger partial charge >= 0.3 is 0 Å². The van der Waals surface area contributed by atoms with Crippen LogP contribution in [0.15, 0.2) is 46.2 Å². The second-order valence-electron chi connectivity index (χ2n) is 4.27. The van der Waals surface area contributed by atoms with Crippen molar-refractivity contribution in [3.8, 4) is 0 Å². The molecule has 0 unspecified atom stereocenters. The second-order valence-corrected chi connectivity index (χ2v) is 4.27. The van der Waals surface area contributed by atoms with Crippen molar-refractivity contribution in [2.24, 2.45) is 10.9 Å². The first-order chi connectivity index (χ1) is 9.72. The third-order valence-electron chi connectivity index (χ3n) is 2.91. The molecular weight excluding hydrogens is 261 g/mol. The van der Waals surface area contributed by atoms with Crippen molar-refractivity contribution >= 4 is 5.84 Å². The summed E-state index contributed by atoms with van der Waals surface area (Å²) in [6.45, 7) is 1.03. The van der Waals surface area contributed by atoms with E-state index in [1.807, 2.05) is 12.1 Å². The molecule has 20 heavy (non-hydrogen) atoms. The third-order valence-corrected chi connectivity index (χ3v) is 2.91. The Labute approximate surface area is 115 Å². The summed E-state index contributed by atoms with van der Waals surface area (Å²) in [5.74, 6) is 0.164. The molecule has 0 fully saturated rings. The highest BCUT2D eigenvalue weighted by atomic mass is 19.1. The number of nitrogens with two attached hydrogens (primary N) is 1. The monoisotopic (exact) mass is 277 g/mol. The van der Waals surface area contributed by atoms with Gasteiger partial charge in [0.25, 0.3) is 0 Å². The summed E-state index contributed by atoms with van der Waals surface area (Å²) in [7, 11) is 0. The van der Waals surface area contributed by atoms with Gasteiger partial charge in [-0.15, -0.1) is 0 Å². The Morgan fingerprint density at radius 3 is 2.90 bits per heavy atom. The van der Waals surface area contributed by atoms with Crippen LogP contribution in [0.1, 0.15) is 16.9 Å². The fourth-order valence-electron chi connectivity index (χ4n) is 1.86. The zero-order valence-corrected chi connectivity index (χ0v) is 10.8. The molecule has 1 heterocycles. The number of nitrogens with zero attached hydrogens (tertiary/aromatic N) is 1. The number of benzene rings is 1. The molecule has 0 bridgehead atoms. The van der Waals surface area contributed by atoms with Gasteiger partial charge in [0.05, 0.1) is 11.8 Å². The van der Waals surface area contributed by atoms with Crippen molar-refractivity contribution in [2.75, 3.05) is 6.54 Å². The Balaban J connectivity index is 1.93. The van der Waals surface area contributed by atoms with Gasteiger partial charge in [-0.05, 0) is 18.2 Å². The van der Waals surface area contributed by atoms with E-state index >= 15 is 0 Å². The number of rotatable bonds is 6. The molecule has 0 aliphatic carbocycles. The van der Waals surface area contributed by atoms with Crippen molar-refractivity contribution in [3.05, 3.63) is 59.3 Å². The van der Waals surface area contributed by atoms with Gasteiger partial charge in [-0.25, -0.2) is 4.39 Å². The van der Waals surface area contributed by atoms with E-state index in [9.17, 15) is 4.39 Å². The van der Waals surface area contributed by atoms with Crippen molar-refractivity contribution in [3.63, 3.8) is 0 Å². The Kier molecular flexibility index (Phi) is 4.73. The molecular formula is C14H16FN3O2. The lowest BCUT2D eigenvalue weighted by Crippen LogP contribution is -2.20. The van der Waals surface area contributed by atoms with E-state index in [1.165, 1.54) is 6.07 Å². The van der Waals surface area contributed by atoms with Gasteiger partial charge in [-0.1, -0.05) is 17.3 Å². The number of nitrogens with one attached hydrogen (secondary N) is 1. The van der Waals surface area contributed by atoms with E-state index in [1.54, 1.807) is 18.4 Å². The minimum Gasteiger partial charge on any atom is -0.469 e. The molecule has 0 amide bonds. The lowest BCUT2D eigenvalue weighted by atomic mass is 10.1. The van der Waals surface area contributed by atoms with Gasteiger partial charge in [0.1, 0.15) is 11.6 Å². The fraction of sp³-hybridized carbons (Fsp3) is 0.214. The standard InChI is InChI=1S/C14H16FN3O2/c15-13-10(3-1-5-12(13)14(16)18-19)9-17-7-6-11-4-2-8-20-11/h1-5,8,17,19H,6-7,9H2,(H2,16,18). The third kappa shape index (κ3) is 3.36. The van der Waals surface area contributed by atoms with Crippen LogP contribution >= 0.6 is 0 Å². The summed E-state index contributed by atoms with van der Waals surface area (Å²) in [4.78, 5) is 0. The maximum absolute atomic E-state index is 14.1. The second kappa shape index (κ2) is 6.72. The van der Waals surface area contributed by atoms with Crippen LogP contribution in [0.4, 0.5) is 4.39 Å². The van der Waals surface area contributed by atoms with Gasteiger partial charge < -0.3 is 20.7 Å². The van der Waals surface area contributed by atoms with Gasteiger partial charge in [-0.3, -0.25) is 0 Å². The lowest BCUT2D eigenvalue weighted by molar-refractivity contribution is 0.318. The summed E-state index contributed by atoms with van der Waals surface area (Å²) in [6, 6.07) is 8.51. The van der Waals surface area contributed by atoms with Crippen molar-refractivity contribution < 1.29 is 14.0 Å². The molecule has 2 rings (SSSR count). The molecule has 0 radical (unpaired) electrons. The summed E-state index contributed by atoms with van der Waals surface area (Å²) in [6.07, 6.45) is 2.35. The highest BCUT2D eigenvalue weighted by molar-refractivity contribution is 5.97. The molecule has 0 saturated carbocycles. The summed E-state index contributed by atoms with van der Waals surface area (Å²) < 4.78 is 19.3. The summed E-state index contributed by atoms with van der Waals surface area (Å²) in [5.41, 5.74) is 5.97. The molecule has 0 aliphatic heterocycles. The Morgan fingerprint density at radius 2 is 2.20 bits per heavy atom. The van der Waals surface area contributed by atoms with E-state index in [2.05, 4.69) is 10.5 Å². The van der Waals surface area contributed by atoms with E-state index in [4.69, 9.17) is 15.4 Å². The highest BCUT2D eigenvalue weighted by Gasteiger charge is 2.11. The number of hydrogen-bond donors (Lipinski definition) is 3. The van der Waals surface area contributed by atoms with Crippen LogP contribution in [0.3, 0.4) is 0 Å². The highest BCUT2D eigenvalue weighted by Crippen LogP contribution is 2.12. The maximum Gasteiger partial charge on any atom is 0.173 e. The van der Waals surface area contributed by atoms with Crippen LogP contribution in [-0.4, -0.2) is 17.6 Å². The average Bonchev–Trinajstić information content (AvgIpc) is 2.97. The van der Waals surface area contributed by atoms with Crippen molar-refractivity contribution in [2.45, 2.75) is 13.0 Å². The quantitative estimate of drug-likeness (QED) is 0.247. The van der Waals surface area contributed by atoms with Crippen LogP contribution in [0.25, 0.3) is 0 Å². The van der Waals surface area contributed by atoms with E-state index in [-0.39, 0.29) is 11.4 Å². The molecule has 2 aromatic rings. The fourth-order valence-corrected chi connectivity index (χ4v) is 1.86. The van der Waals surface area contributed by atoms with Crippen molar-refractivity contribution in [1.82, 2.24) is 5.32 Å². The molecule has 6 heteroatoms. The van der Waals surface area contributed by atoms with Gasteiger partial charge in [0.15, 0.2) is 5.84 Å². The van der Waals surface area contributed by atoms with Gasteiger partial charge in [-0.2, -0.15) is 0 Å². The van der Waals surface area contributed by atoms with Crippen LogP contribution in [0.5, 0.6) is 0 Å². The molecule has 106 valence electrons. The number of amidine groups is 1. The minimum absolute atomic E-state index is 0.0952. The Bertz CT molecular complexity index is 582. The number of halogens is 1. The molecule has 1 aromatic carbocycles. The maximum atomic E-state index is 14.1. The molecule has 0 atom stereocenters. The lowest BCUT2D eigenvalue weighted by Gasteiger charge is -2.08. The predicted molar refractivity (Wildman–Crippen MR) is 73.0 cm³/mol. The van der Waals surface area contributed by atoms with Crippen molar-refractivity contribution in [1.29, 1.82) is 0 Å². The van der Waals surface area contributed by atoms with Crippen LogP contribution in [-0.2, 0) is 13.0 Å². The first-order valence-corrected chi connectivity index (χ1v) is 6.20. The first kappa shape index (κ1) is 14.1. The summed E-state index contributed by atoms with van der Waals surface area (Å²) in [5, 5.41) is 14.5. The minimum atomic E-state index is -0.478. The van der Waals surface area contributed by atoms with E-state index < -0.39 is 5.82 Å². The van der Waals surface area contributed by atoms with Gasteiger partial charge in [0.2, 0.25) is 0 Å². The average molecular weight is 277 g/mol. The Morgan fingerprint density at radius 1 is 1.35 bits per heavy atom. The molecule has 0 saturated heterocycles. The van der Waals surface area contributed by atoms with Crippen LogP contribution in [0, 0.1) is 5.82 Å². The summed E-state index contributed by atoms with van der Waals surface area (Å²) >= 11 is 0. The zero-order chi connectivity index (χ0) is 14.4. The molecule has 4 N–H and O–H groups in total. The Hall–Kier alpha value is -2.34. The molecule has 0 aliphatic rings. The number of oxime groups is 1. The molecule has 5 nitrogen and oxygen atoms in total.